The first-order chi connectivity index (χ1) is 9.66. The van der Waals surface area contributed by atoms with E-state index in [9.17, 15) is 8.78 Å². The fourth-order valence-corrected chi connectivity index (χ4v) is 1.95. The van der Waals surface area contributed by atoms with Gasteiger partial charge in [0.15, 0.2) is 11.6 Å². The van der Waals surface area contributed by atoms with Gasteiger partial charge in [-0.15, -0.1) is 0 Å². The van der Waals surface area contributed by atoms with Crippen molar-refractivity contribution in [1.29, 1.82) is 0 Å². The lowest BCUT2D eigenvalue weighted by Gasteiger charge is -2.03. The first-order valence-corrected chi connectivity index (χ1v) is 5.78. The molecule has 20 heavy (non-hydrogen) atoms. The molecule has 0 amide bonds. The molecule has 4 nitrogen and oxygen atoms in total. The Morgan fingerprint density at radius 2 is 2.00 bits per heavy atom. The molecule has 0 aliphatic carbocycles. The standard InChI is InChI=1S/C14H9F2N3O/c15-9-3-4-11(16)10(6-9)13-12(14(17)19-20-13)8-2-1-5-18-7-8/h1-7H,(H2,17,19). The fraction of sp³-hybridized carbons (Fsp3) is 0. The topological polar surface area (TPSA) is 64.9 Å². The first kappa shape index (κ1) is 12.3. The molecule has 1 aromatic carbocycles. The number of aromatic nitrogens is 2. The molecule has 0 aliphatic heterocycles. The van der Waals surface area contributed by atoms with E-state index in [1.165, 1.54) is 0 Å². The molecule has 0 aliphatic rings. The van der Waals surface area contributed by atoms with Gasteiger partial charge in [0, 0.05) is 18.0 Å². The lowest BCUT2D eigenvalue weighted by atomic mass is 10.0. The molecule has 0 radical (unpaired) electrons. The van der Waals surface area contributed by atoms with Gasteiger partial charge in [-0.2, -0.15) is 0 Å². The van der Waals surface area contributed by atoms with E-state index in [0.717, 1.165) is 18.2 Å². The zero-order valence-electron chi connectivity index (χ0n) is 10.2. The summed E-state index contributed by atoms with van der Waals surface area (Å²) < 4.78 is 32.2. The van der Waals surface area contributed by atoms with Gasteiger partial charge < -0.3 is 10.3 Å². The Hall–Kier alpha value is -2.76. The maximum Gasteiger partial charge on any atom is 0.180 e. The number of nitrogens with zero attached hydrogens (tertiary/aromatic N) is 2. The van der Waals surface area contributed by atoms with E-state index in [-0.39, 0.29) is 17.1 Å². The van der Waals surface area contributed by atoms with E-state index in [1.54, 1.807) is 24.5 Å². The van der Waals surface area contributed by atoms with Gasteiger partial charge >= 0.3 is 0 Å². The summed E-state index contributed by atoms with van der Waals surface area (Å²) in [5, 5.41) is 3.63. The maximum atomic E-state index is 13.8. The molecule has 2 heterocycles. The van der Waals surface area contributed by atoms with Crippen molar-refractivity contribution < 1.29 is 13.3 Å². The Morgan fingerprint density at radius 3 is 2.75 bits per heavy atom. The third kappa shape index (κ3) is 2.01. The normalized spacial score (nSPS) is 10.7. The van der Waals surface area contributed by atoms with Crippen molar-refractivity contribution in [2.24, 2.45) is 0 Å². The molecule has 0 spiro atoms. The summed E-state index contributed by atoms with van der Waals surface area (Å²) in [7, 11) is 0. The van der Waals surface area contributed by atoms with E-state index in [1.807, 2.05) is 0 Å². The molecule has 100 valence electrons. The quantitative estimate of drug-likeness (QED) is 0.778. The van der Waals surface area contributed by atoms with Crippen molar-refractivity contribution in [2.45, 2.75) is 0 Å². The van der Waals surface area contributed by atoms with E-state index < -0.39 is 11.6 Å². The molecule has 0 unspecified atom stereocenters. The third-order valence-corrected chi connectivity index (χ3v) is 2.84. The van der Waals surface area contributed by atoms with Gasteiger partial charge in [0.25, 0.3) is 0 Å². The van der Waals surface area contributed by atoms with Crippen LogP contribution >= 0.6 is 0 Å². The van der Waals surface area contributed by atoms with E-state index in [4.69, 9.17) is 10.3 Å². The lowest BCUT2D eigenvalue weighted by Crippen LogP contribution is -1.91. The molecule has 0 saturated heterocycles. The highest BCUT2D eigenvalue weighted by Crippen LogP contribution is 2.37. The Bertz CT molecular complexity index is 756. The number of halogens is 2. The van der Waals surface area contributed by atoms with Gasteiger partial charge in [-0.05, 0) is 24.3 Å². The Kier molecular flexibility index (Phi) is 2.90. The van der Waals surface area contributed by atoms with Crippen molar-refractivity contribution in [1.82, 2.24) is 10.1 Å². The maximum absolute atomic E-state index is 13.8. The van der Waals surface area contributed by atoms with Gasteiger partial charge in [0.05, 0.1) is 11.1 Å². The smallest absolute Gasteiger partial charge is 0.180 e. The Morgan fingerprint density at radius 1 is 1.15 bits per heavy atom. The molecule has 3 aromatic rings. The zero-order valence-corrected chi connectivity index (χ0v) is 10.2. The minimum Gasteiger partial charge on any atom is -0.380 e. The molecule has 2 aromatic heterocycles. The summed E-state index contributed by atoms with van der Waals surface area (Å²) in [6.45, 7) is 0. The highest BCUT2D eigenvalue weighted by Gasteiger charge is 2.20. The highest BCUT2D eigenvalue weighted by atomic mass is 19.1. The second-order valence-electron chi connectivity index (χ2n) is 4.14. The molecule has 3 rings (SSSR count). The van der Waals surface area contributed by atoms with Crippen LogP contribution in [0.3, 0.4) is 0 Å². The van der Waals surface area contributed by atoms with Crippen LogP contribution in [0.1, 0.15) is 0 Å². The first-order valence-electron chi connectivity index (χ1n) is 5.78. The summed E-state index contributed by atoms with van der Waals surface area (Å²) in [4.78, 5) is 3.96. The Labute approximate surface area is 112 Å². The zero-order chi connectivity index (χ0) is 14.1. The van der Waals surface area contributed by atoms with Crippen LogP contribution in [0.4, 0.5) is 14.6 Å². The summed E-state index contributed by atoms with van der Waals surface area (Å²) >= 11 is 0. The molecular weight excluding hydrogens is 264 g/mol. The Balaban J connectivity index is 2.24. The number of rotatable bonds is 2. The number of hydrogen-bond acceptors (Lipinski definition) is 4. The van der Waals surface area contributed by atoms with Crippen LogP contribution in [0.2, 0.25) is 0 Å². The molecule has 0 fully saturated rings. The molecule has 0 saturated carbocycles. The predicted molar refractivity (Wildman–Crippen MR) is 69.5 cm³/mol. The van der Waals surface area contributed by atoms with Crippen LogP contribution in [0.5, 0.6) is 0 Å². The molecule has 6 heteroatoms. The van der Waals surface area contributed by atoms with Crippen molar-refractivity contribution >= 4 is 5.82 Å². The van der Waals surface area contributed by atoms with Crippen LogP contribution in [0, 0.1) is 11.6 Å². The number of nitrogens with two attached hydrogens (primary N) is 1. The molecule has 2 N–H and O–H groups in total. The van der Waals surface area contributed by atoms with Crippen molar-refractivity contribution in [3.8, 4) is 22.5 Å². The summed E-state index contributed by atoms with van der Waals surface area (Å²) in [5.74, 6) is -1.02. The van der Waals surface area contributed by atoms with E-state index in [2.05, 4.69) is 10.1 Å². The van der Waals surface area contributed by atoms with Crippen LogP contribution in [-0.4, -0.2) is 10.1 Å². The lowest BCUT2D eigenvalue weighted by molar-refractivity contribution is 0.433. The monoisotopic (exact) mass is 273 g/mol. The largest absolute Gasteiger partial charge is 0.380 e. The highest BCUT2D eigenvalue weighted by molar-refractivity contribution is 5.86. The second kappa shape index (κ2) is 4.73. The molecular formula is C14H9F2N3O. The number of hydrogen-bond donors (Lipinski definition) is 1. The van der Waals surface area contributed by atoms with Gasteiger partial charge in [-0.3, -0.25) is 4.98 Å². The van der Waals surface area contributed by atoms with Gasteiger partial charge in [0.1, 0.15) is 11.6 Å². The molecule has 0 bridgehead atoms. The number of pyridine rings is 1. The van der Waals surface area contributed by atoms with Crippen molar-refractivity contribution in [3.63, 3.8) is 0 Å². The van der Waals surface area contributed by atoms with Gasteiger partial charge in [-0.1, -0.05) is 11.2 Å². The number of benzene rings is 1. The van der Waals surface area contributed by atoms with Gasteiger partial charge in [0.2, 0.25) is 0 Å². The third-order valence-electron chi connectivity index (χ3n) is 2.84. The number of nitrogen functional groups attached to an aromatic ring is 1. The summed E-state index contributed by atoms with van der Waals surface area (Å²) in [6.07, 6.45) is 3.14. The summed E-state index contributed by atoms with van der Waals surface area (Å²) in [5.41, 5.74) is 6.72. The minimum absolute atomic E-state index is 0.0342. The van der Waals surface area contributed by atoms with Crippen LogP contribution in [0.25, 0.3) is 22.5 Å². The van der Waals surface area contributed by atoms with Crippen molar-refractivity contribution in [2.75, 3.05) is 5.73 Å². The fourth-order valence-electron chi connectivity index (χ4n) is 1.95. The van der Waals surface area contributed by atoms with Crippen LogP contribution in [-0.2, 0) is 0 Å². The van der Waals surface area contributed by atoms with E-state index in [0.29, 0.717) is 11.1 Å². The minimum atomic E-state index is -0.618. The summed E-state index contributed by atoms with van der Waals surface area (Å²) in [6, 6.07) is 6.53. The second-order valence-corrected chi connectivity index (χ2v) is 4.14. The predicted octanol–water partition coefficient (Wildman–Crippen LogP) is 3.26. The van der Waals surface area contributed by atoms with Crippen molar-refractivity contribution in [3.05, 3.63) is 54.4 Å². The van der Waals surface area contributed by atoms with Crippen LogP contribution < -0.4 is 5.73 Å². The van der Waals surface area contributed by atoms with E-state index >= 15 is 0 Å². The molecule has 0 atom stereocenters. The van der Waals surface area contributed by atoms with Gasteiger partial charge in [-0.25, -0.2) is 8.78 Å². The SMILES string of the molecule is Nc1noc(-c2cc(F)ccc2F)c1-c1cccnc1. The number of anilines is 1. The average molecular weight is 273 g/mol. The average Bonchev–Trinajstić information content (AvgIpc) is 2.84. The van der Waals surface area contributed by atoms with Crippen LogP contribution in [0.15, 0.2) is 47.2 Å².